The molecular formula is C20H23FN6O2. The number of likely N-dealkylation sites (tertiary alicyclic amines) is 1. The Balaban J connectivity index is 1.61. The van der Waals surface area contributed by atoms with E-state index < -0.39 is 5.82 Å². The van der Waals surface area contributed by atoms with Gasteiger partial charge >= 0.3 is 5.69 Å². The van der Waals surface area contributed by atoms with Crippen LogP contribution in [0.5, 0.6) is 0 Å². The van der Waals surface area contributed by atoms with Crippen LogP contribution in [-0.4, -0.2) is 50.0 Å². The molecule has 1 aliphatic rings. The Hall–Kier alpha value is -3.23. The van der Waals surface area contributed by atoms with Crippen LogP contribution < -0.4 is 11.0 Å². The second-order valence-electron chi connectivity index (χ2n) is 7.35. The number of imidazole rings is 1. The van der Waals surface area contributed by atoms with E-state index in [0.29, 0.717) is 24.3 Å². The van der Waals surface area contributed by atoms with Crippen molar-refractivity contribution in [2.45, 2.75) is 25.3 Å². The molecule has 0 radical (unpaired) electrons. The van der Waals surface area contributed by atoms with Crippen molar-refractivity contribution in [2.75, 3.05) is 25.5 Å². The predicted octanol–water partition coefficient (Wildman–Crippen LogP) is 1.72. The fraction of sp³-hybridized carbons (Fsp3) is 0.400. The highest BCUT2D eigenvalue weighted by Gasteiger charge is 2.28. The van der Waals surface area contributed by atoms with Crippen LogP contribution in [0.4, 0.5) is 10.1 Å². The van der Waals surface area contributed by atoms with E-state index >= 15 is 0 Å². The molecule has 9 heteroatoms. The molecule has 1 aliphatic heterocycles. The molecule has 3 aromatic heterocycles. The molecule has 152 valence electrons. The number of carbonyl (C=O) groups excluding carboxylic acids is 1. The van der Waals surface area contributed by atoms with Gasteiger partial charge in [0.15, 0.2) is 5.65 Å². The van der Waals surface area contributed by atoms with Crippen molar-refractivity contribution >= 4 is 22.8 Å². The molecule has 1 atom stereocenters. The summed E-state index contributed by atoms with van der Waals surface area (Å²) >= 11 is 0. The van der Waals surface area contributed by atoms with Crippen LogP contribution in [0.3, 0.4) is 0 Å². The third-order valence-electron chi connectivity index (χ3n) is 5.44. The fourth-order valence-corrected chi connectivity index (χ4v) is 3.96. The van der Waals surface area contributed by atoms with E-state index in [1.807, 2.05) is 6.07 Å². The fourth-order valence-electron chi connectivity index (χ4n) is 3.96. The first kappa shape index (κ1) is 19.1. The Morgan fingerprint density at radius 2 is 2.14 bits per heavy atom. The molecule has 0 spiro atoms. The predicted molar refractivity (Wildman–Crippen MR) is 107 cm³/mol. The number of amides is 1. The topological polar surface area (TPSA) is 85.1 Å². The van der Waals surface area contributed by atoms with E-state index in [-0.39, 0.29) is 24.1 Å². The number of nitrogens with zero attached hydrogens (tertiary/aromatic N) is 5. The van der Waals surface area contributed by atoms with Gasteiger partial charge in [0, 0.05) is 33.4 Å². The zero-order chi connectivity index (χ0) is 20.5. The number of anilines is 1. The first-order valence-electron chi connectivity index (χ1n) is 9.60. The number of halogens is 1. The number of fused-ring (bicyclic) bond motifs is 1. The van der Waals surface area contributed by atoms with Gasteiger partial charge in [-0.2, -0.15) is 0 Å². The maximum Gasteiger partial charge on any atom is 0.330 e. The third-order valence-corrected chi connectivity index (χ3v) is 5.44. The summed E-state index contributed by atoms with van der Waals surface area (Å²) in [7, 11) is 3.51. The van der Waals surface area contributed by atoms with E-state index in [9.17, 15) is 14.0 Å². The van der Waals surface area contributed by atoms with Gasteiger partial charge in [0.2, 0.25) is 5.91 Å². The Morgan fingerprint density at radius 1 is 1.31 bits per heavy atom. The van der Waals surface area contributed by atoms with Gasteiger partial charge in [0.05, 0.1) is 36.1 Å². The second kappa shape index (κ2) is 7.65. The molecule has 29 heavy (non-hydrogen) atoms. The Kier molecular flexibility index (Phi) is 5.04. The quantitative estimate of drug-likeness (QED) is 0.723. The van der Waals surface area contributed by atoms with Crippen LogP contribution in [0.15, 0.2) is 35.5 Å². The lowest BCUT2D eigenvalue weighted by Crippen LogP contribution is -2.43. The molecule has 0 saturated carbocycles. The summed E-state index contributed by atoms with van der Waals surface area (Å²) in [5.74, 6) is -0.550. The number of hydrogen-bond acceptors (Lipinski definition) is 5. The maximum absolute atomic E-state index is 13.4. The SMILES string of the molecule is CNc1cnc2c(c1)n([C@H]1CCCN(C(=O)Cc3cncc(F)c3)C1)c(=O)n2C. The van der Waals surface area contributed by atoms with Crippen molar-refractivity contribution in [3.63, 3.8) is 0 Å². The molecule has 1 amide bonds. The van der Waals surface area contributed by atoms with Crippen molar-refractivity contribution in [3.05, 3.63) is 52.6 Å². The number of carbonyl (C=O) groups is 1. The number of piperidine rings is 1. The third kappa shape index (κ3) is 3.59. The number of nitrogens with one attached hydrogen (secondary N) is 1. The monoisotopic (exact) mass is 398 g/mol. The Bertz CT molecular complexity index is 1120. The lowest BCUT2D eigenvalue weighted by atomic mass is 10.0. The van der Waals surface area contributed by atoms with Crippen molar-refractivity contribution in [3.8, 4) is 0 Å². The average Bonchev–Trinajstić information content (AvgIpc) is 2.97. The highest BCUT2D eigenvalue weighted by atomic mass is 19.1. The van der Waals surface area contributed by atoms with Crippen LogP contribution in [0.1, 0.15) is 24.4 Å². The standard InChI is InChI=1S/C20H23FN6O2/c1-22-15-8-17-19(24-11-15)25(2)20(29)27(17)16-4-3-5-26(12-16)18(28)7-13-6-14(21)10-23-9-13/h6,8-11,16,22H,3-5,7,12H2,1-2H3/t16-/m0/s1. The van der Waals surface area contributed by atoms with Gasteiger partial charge < -0.3 is 10.2 Å². The zero-order valence-corrected chi connectivity index (χ0v) is 16.4. The van der Waals surface area contributed by atoms with Crippen LogP contribution in [0, 0.1) is 5.82 Å². The molecule has 3 aromatic rings. The van der Waals surface area contributed by atoms with Gasteiger partial charge in [-0.25, -0.2) is 14.2 Å². The molecule has 0 bridgehead atoms. The molecule has 1 saturated heterocycles. The molecule has 1 fully saturated rings. The molecular weight excluding hydrogens is 375 g/mol. The van der Waals surface area contributed by atoms with Gasteiger partial charge in [-0.05, 0) is 30.5 Å². The molecule has 1 N–H and O–H groups in total. The number of rotatable bonds is 4. The average molecular weight is 398 g/mol. The van der Waals surface area contributed by atoms with E-state index in [0.717, 1.165) is 30.2 Å². The highest BCUT2D eigenvalue weighted by Crippen LogP contribution is 2.26. The van der Waals surface area contributed by atoms with Crippen LogP contribution >= 0.6 is 0 Å². The molecule has 8 nitrogen and oxygen atoms in total. The van der Waals surface area contributed by atoms with Crippen LogP contribution in [0.2, 0.25) is 0 Å². The maximum atomic E-state index is 13.4. The van der Waals surface area contributed by atoms with Gasteiger partial charge in [-0.15, -0.1) is 0 Å². The number of hydrogen-bond donors (Lipinski definition) is 1. The minimum Gasteiger partial charge on any atom is -0.387 e. The van der Waals surface area contributed by atoms with Gasteiger partial charge in [-0.1, -0.05) is 0 Å². The minimum absolute atomic E-state index is 0.0906. The first-order chi connectivity index (χ1) is 14.0. The Labute approximate surface area is 167 Å². The smallest absolute Gasteiger partial charge is 0.330 e. The first-order valence-corrected chi connectivity index (χ1v) is 9.60. The summed E-state index contributed by atoms with van der Waals surface area (Å²) < 4.78 is 16.6. The largest absolute Gasteiger partial charge is 0.387 e. The van der Waals surface area contributed by atoms with E-state index in [1.165, 1.54) is 16.8 Å². The molecule has 4 heterocycles. The summed E-state index contributed by atoms with van der Waals surface area (Å²) in [5, 5.41) is 3.05. The van der Waals surface area contributed by atoms with Crippen LogP contribution in [0.25, 0.3) is 11.2 Å². The number of aromatic nitrogens is 4. The van der Waals surface area contributed by atoms with Crippen molar-refractivity contribution < 1.29 is 9.18 Å². The van der Waals surface area contributed by atoms with E-state index in [2.05, 4.69) is 15.3 Å². The summed E-state index contributed by atoms with van der Waals surface area (Å²) in [6.45, 7) is 1.06. The summed E-state index contributed by atoms with van der Waals surface area (Å²) in [4.78, 5) is 35.6. The van der Waals surface area contributed by atoms with E-state index in [4.69, 9.17) is 0 Å². The lowest BCUT2D eigenvalue weighted by Gasteiger charge is -2.33. The molecule has 0 aliphatic carbocycles. The summed E-state index contributed by atoms with van der Waals surface area (Å²) in [5.41, 5.74) is 2.58. The Morgan fingerprint density at radius 3 is 2.90 bits per heavy atom. The van der Waals surface area contributed by atoms with Gasteiger partial charge in [0.1, 0.15) is 5.82 Å². The summed E-state index contributed by atoms with van der Waals surface area (Å²) in [6.07, 6.45) is 5.99. The number of aryl methyl sites for hydroxylation is 1. The van der Waals surface area contributed by atoms with Crippen molar-refractivity contribution in [2.24, 2.45) is 7.05 Å². The minimum atomic E-state index is -0.457. The van der Waals surface area contributed by atoms with Crippen molar-refractivity contribution in [1.82, 2.24) is 24.0 Å². The molecule has 0 aromatic carbocycles. The van der Waals surface area contributed by atoms with Gasteiger partial charge in [-0.3, -0.25) is 18.9 Å². The number of pyridine rings is 2. The summed E-state index contributed by atoms with van der Waals surface area (Å²) in [6, 6.07) is 3.10. The second-order valence-corrected chi connectivity index (χ2v) is 7.35. The highest BCUT2D eigenvalue weighted by molar-refractivity contribution is 5.79. The van der Waals surface area contributed by atoms with Crippen LogP contribution in [-0.2, 0) is 18.3 Å². The lowest BCUT2D eigenvalue weighted by molar-refractivity contribution is -0.132. The molecule has 4 rings (SSSR count). The normalized spacial score (nSPS) is 16.9. The zero-order valence-electron chi connectivity index (χ0n) is 16.4. The van der Waals surface area contributed by atoms with Gasteiger partial charge in [0.25, 0.3) is 0 Å². The van der Waals surface area contributed by atoms with E-state index in [1.54, 1.807) is 29.8 Å². The molecule has 0 unspecified atom stereocenters. The van der Waals surface area contributed by atoms with Crippen molar-refractivity contribution in [1.29, 1.82) is 0 Å².